The molecule has 2 aliphatic rings. The van der Waals surface area contributed by atoms with Crippen LogP contribution in [0.1, 0.15) is 39.0 Å². The van der Waals surface area contributed by atoms with Gasteiger partial charge in [0.2, 0.25) is 0 Å². The van der Waals surface area contributed by atoms with Gasteiger partial charge in [0.25, 0.3) is 0 Å². The highest BCUT2D eigenvalue weighted by molar-refractivity contribution is 4.73. The van der Waals surface area contributed by atoms with E-state index in [-0.39, 0.29) is 0 Å². The lowest BCUT2D eigenvalue weighted by molar-refractivity contribution is 0.187. The average Bonchev–Trinajstić information content (AvgIpc) is 2.74. The zero-order valence-corrected chi connectivity index (χ0v) is 10.2. The van der Waals surface area contributed by atoms with Crippen LogP contribution in [0, 0.1) is 11.8 Å². The highest BCUT2D eigenvalue weighted by Gasteiger charge is 2.17. The fourth-order valence-electron chi connectivity index (χ4n) is 2.85. The van der Waals surface area contributed by atoms with Crippen LogP contribution in [0.25, 0.3) is 0 Å². The smallest absolute Gasteiger partial charge is 0.00162 e. The Labute approximate surface area is 94.4 Å². The zero-order valence-electron chi connectivity index (χ0n) is 10.2. The van der Waals surface area contributed by atoms with Crippen molar-refractivity contribution in [3.63, 3.8) is 0 Å². The second kappa shape index (κ2) is 5.86. The van der Waals surface area contributed by atoms with Gasteiger partial charge in [0, 0.05) is 0 Å². The van der Waals surface area contributed by atoms with Crippen molar-refractivity contribution in [2.75, 3.05) is 32.7 Å². The first-order chi connectivity index (χ1) is 7.34. The average molecular weight is 210 g/mol. The van der Waals surface area contributed by atoms with Crippen LogP contribution in [0.5, 0.6) is 0 Å². The first kappa shape index (κ1) is 11.4. The maximum atomic E-state index is 3.45. The Kier molecular flexibility index (Phi) is 4.45. The number of hydrogen-bond donors (Lipinski definition) is 1. The molecule has 0 amide bonds. The van der Waals surface area contributed by atoms with Gasteiger partial charge in [-0.1, -0.05) is 6.92 Å². The van der Waals surface area contributed by atoms with Gasteiger partial charge in [0.1, 0.15) is 0 Å². The minimum Gasteiger partial charge on any atom is -0.316 e. The van der Waals surface area contributed by atoms with Crippen molar-refractivity contribution in [2.24, 2.45) is 11.8 Å². The summed E-state index contributed by atoms with van der Waals surface area (Å²) in [5, 5.41) is 3.45. The standard InChI is InChI=1S/C13H26N2/c1-12-5-9-15(10-6-12)8-2-3-13-4-7-14-11-13/h12-14H,2-11H2,1H3. The van der Waals surface area contributed by atoms with Crippen molar-refractivity contribution in [1.82, 2.24) is 10.2 Å². The van der Waals surface area contributed by atoms with Crippen LogP contribution in [-0.4, -0.2) is 37.6 Å². The molecule has 2 rings (SSSR count). The summed E-state index contributed by atoms with van der Waals surface area (Å²) in [6.07, 6.45) is 7.12. The molecule has 2 heteroatoms. The van der Waals surface area contributed by atoms with E-state index < -0.39 is 0 Å². The van der Waals surface area contributed by atoms with Crippen LogP contribution in [0.4, 0.5) is 0 Å². The van der Waals surface area contributed by atoms with Crippen LogP contribution >= 0.6 is 0 Å². The van der Waals surface area contributed by atoms with Gasteiger partial charge in [0.05, 0.1) is 0 Å². The van der Waals surface area contributed by atoms with Crippen molar-refractivity contribution in [3.05, 3.63) is 0 Å². The summed E-state index contributed by atoms with van der Waals surface area (Å²) in [6.45, 7) is 8.97. The summed E-state index contributed by atoms with van der Waals surface area (Å²) >= 11 is 0. The largest absolute Gasteiger partial charge is 0.316 e. The first-order valence-electron chi connectivity index (χ1n) is 6.77. The number of hydrogen-bond acceptors (Lipinski definition) is 2. The van der Waals surface area contributed by atoms with E-state index >= 15 is 0 Å². The maximum Gasteiger partial charge on any atom is -0.00162 e. The molecule has 0 spiro atoms. The van der Waals surface area contributed by atoms with E-state index in [2.05, 4.69) is 17.1 Å². The third-order valence-corrected chi connectivity index (χ3v) is 4.13. The third kappa shape index (κ3) is 3.76. The summed E-state index contributed by atoms with van der Waals surface area (Å²) in [4.78, 5) is 2.67. The molecular formula is C13H26N2. The minimum atomic E-state index is 0.972. The summed E-state index contributed by atoms with van der Waals surface area (Å²) in [5.74, 6) is 1.95. The first-order valence-corrected chi connectivity index (χ1v) is 6.77. The number of nitrogens with one attached hydrogen (secondary N) is 1. The van der Waals surface area contributed by atoms with Gasteiger partial charge < -0.3 is 10.2 Å². The van der Waals surface area contributed by atoms with Gasteiger partial charge in [0.15, 0.2) is 0 Å². The van der Waals surface area contributed by atoms with Gasteiger partial charge in [-0.05, 0) is 76.7 Å². The summed E-state index contributed by atoms with van der Waals surface area (Å²) in [7, 11) is 0. The molecule has 0 aromatic heterocycles. The van der Waals surface area contributed by atoms with Crippen molar-refractivity contribution in [3.8, 4) is 0 Å². The Balaban J connectivity index is 1.53. The molecule has 2 fully saturated rings. The number of nitrogens with zero attached hydrogens (tertiary/aromatic N) is 1. The van der Waals surface area contributed by atoms with E-state index in [1.807, 2.05) is 0 Å². The Hall–Kier alpha value is -0.0800. The number of piperidine rings is 1. The summed E-state index contributed by atoms with van der Waals surface area (Å²) < 4.78 is 0. The maximum absolute atomic E-state index is 3.45. The topological polar surface area (TPSA) is 15.3 Å². The highest BCUT2D eigenvalue weighted by Crippen LogP contribution is 2.18. The summed E-state index contributed by atoms with van der Waals surface area (Å²) in [5.41, 5.74) is 0. The molecule has 0 radical (unpaired) electrons. The molecule has 2 saturated heterocycles. The lowest BCUT2D eigenvalue weighted by atomic mass is 9.98. The molecule has 0 aromatic carbocycles. The zero-order chi connectivity index (χ0) is 10.5. The van der Waals surface area contributed by atoms with E-state index in [0.29, 0.717) is 0 Å². The lowest BCUT2D eigenvalue weighted by Gasteiger charge is -2.30. The molecule has 2 nitrogen and oxygen atoms in total. The van der Waals surface area contributed by atoms with Crippen LogP contribution in [-0.2, 0) is 0 Å². The van der Waals surface area contributed by atoms with Crippen LogP contribution in [0.2, 0.25) is 0 Å². The van der Waals surface area contributed by atoms with Gasteiger partial charge in [-0.15, -0.1) is 0 Å². The van der Waals surface area contributed by atoms with Crippen molar-refractivity contribution < 1.29 is 0 Å². The third-order valence-electron chi connectivity index (χ3n) is 4.13. The Bertz CT molecular complexity index is 167. The molecule has 0 aromatic rings. The van der Waals surface area contributed by atoms with Crippen molar-refractivity contribution in [2.45, 2.75) is 39.0 Å². The Morgan fingerprint density at radius 1 is 1.20 bits per heavy atom. The monoisotopic (exact) mass is 210 g/mol. The highest BCUT2D eigenvalue weighted by atomic mass is 15.1. The van der Waals surface area contributed by atoms with E-state index in [4.69, 9.17) is 0 Å². The lowest BCUT2D eigenvalue weighted by Crippen LogP contribution is -2.33. The van der Waals surface area contributed by atoms with Gasteiger partial charge in [-0.25, -0.2) is 0 Å². The Morgan fingerprint density at radius 3 is 2.67 bits per heavy atom. The molecule has 0 bridgehead atoms. The predicted octanol–water partition coefficient (Wildman–Crippen LogP) is 2.11. The summed E-state index contributed by atoms with van der Waals surface area (Å²) in [6, 6.07) is 0. The molecule has 1 unspecified atom stereocenters. The van der Waals surface area contributed by atoms with Crippen LogP contribution in [0.15, 0.2) is 0 Å². The van der Waals surface area contributed by atoms with Crippen molar-refractivity contribution >= 4 is 0 Å². The van der Waals surface area contributed by atoms with E-state index in [1.54, 1.807) is 0 Å². The Morgan fingerprint density at radius 2 is 2.00 bits per heavy atom. The fraction of sp³-hybridized carbons (Fsp3) is 1.00. The molecule has 2 heterocycles. The normalized spacial score (nSPS) is 29.8. The van der Waals surface area contributed by atoms with E-state index in [0.717, 1.165) is 11.8 Å². The molecule has 15 heavy (non-hydrogen) atoms. The molecule has 1 N–H and O–H groups in total. The van der Waals surface area contributed by atoms with E-state index in [1.165, 1.54) is 64.8 Å². The SMILES string of the molecule is CC1CCN(CCCC2CCNC2)CC1. The second-order valence-corrected chi connectivity index (χ2v) is 5.53. The van der Waals surface area contributed by atoms with Gasteiger partial charge in [-0.3, -0.25) is 0 Å². The molecule has 0 aliphatic carbocycles. The van der Waals surface area contributed by atoms with Crippen molar-refractivity contribution in [1.29, 1.82) is 0 Å². The minimum absolute atomic E-state index is 0.972. The molecule has 0 saturated carbocycles. The molecular weight excluding hydrogens is 184 g/mol. The molecule has 2 aliphatic heterocycles. The quantitative estimate of drug-likeness (QED) is 0.764. The molecule has 1 atom stereocenters. The van der Waals surface area contributed by atoms with Gasteiger partial charge in [-0.2, -0.15) is 0 Å². The van der Waals surface area contributed by atoms with E-state index in [9.17, 15) is 0 Å². The predicted molar refractivity (Wildman–Crippen MR) is 65.0 cm³/mol. The molecule has 88 valence electrons. The number of rotatable bonds is 4. The van der Waals surface area contributed by atoms with Crippen LogP contribution < -0.4 is 5.32 Å². The van der Waals surface area contributed by atoms with Crippen LogP contribution in [0.3, 0.4) is 0 Å². The van der Waals surface area contributed by atoms with Gasteiger partial charge >= 0.3 is 0 Å². The number of likely N-dealkylation sites (tertiary alicyclic amines) is 1. The fourth-order valence-corrected chi connectivity index (χ4v) is 2.85. The second-order valence-electron chi connectivity index (χ2n) is 5.53.